The second-order valence-corrected chi connectivity index (χ2v) is 6.05. The van der Waals surface area contributed by atoms with Crippen LogP contribution in [0.4, 0.5) is 4.39 Å². The standard InChI is InChI=1S/C18H21FN4/c1-4-15-10-23(11-20-15)9-13-8-21-22-18(13)16-6-5-14(19)7-17(16)12(2)3/h5-8,10-12H,4,9H2,1-3H3,(H,21,22). The molecule has 23 heavy (non-hydrogen) atoms. The molecule has 0 radical (unpaired) electrons. The van der Waals surface area contributed by atoms with Gasteiger partial charge in [-0.2, -0.15) is 5.10 Å². The largest absolute Gasteiger partial charge is 0.333 e. The number of hydrogen-bond acceptors (Lipinski definition) is 2. The van der Waals surface area contributed by atoms with E-state index in [1.54, 1.807) is 6.07 Å². The van der Waals surface area contributed by atoms with Crippen molar-refractivity contribution in [2.45, 2.75) is 39.7 Å². The molecule has 0 aliphatic rings. The molecule has 2 heterocycles. The molecule has 1 N–H and O–H groups in total. The van der Waals surface area contributed by atoms with Crippen molar-refractivity contribution in [3.05, 3.63) is 59.6 Å². The number of imidazole rings is 1. The second kappa shape index (κ2) is 6.36. The molecular formula is C18H21FN4. The van der Waals surface area contributed by atoms with Gasteiger partial charge in [-0.15, -0.1) is 0 Å². The normalized spacial score (nSPS) is 11.3. The van der Waals surface area contributed by atoms with Gasteiger partial charge in [0.1, 0.15) is 5.82 Å². The Labute approximate surface area is 135 Å². The highest BCUT2D eigenvalue weighted by atomic mass is 19.1. The highest BCUT2D eigenvalue weighted by Crippen LogP contribution is 2.31. The second-order valence-electron chi connectivity index (χ2n) is 6.05. The van der Waals surface area contributed by atoms with Gasteiger partial charge in [0.25, 0.3) is 0 Å². The lowest BCUT2D eigenvalue weighted by Gasteiger charge is -2.13. The fourth-order valence-electron chi connectivity index (χ4n) is 2.78. The van der Waals surface area contributed by atoms with Gasteiger partial charge >= 0.3 is 0 Å². The lowest BCUT2D eigenvalue weighted by molar-refractivity contribution is 0.623. The number of rotatable bonds is 5. The quantitative estimate of drug-likeness (QED) is 0.769. The summed E-state index contributed by atoms with van der Waals surface area (Å²) in [7, 11) is 0. The number of aryl methyl sites for hydroxylation is 1. The average molecular weight is 312 g/mol. The zero-order valence-corrected chi connectivity index (χ0v) is 13.7. The van der Waals surface area contributed by atoms with Crippen molar-refractivity contribution < 1.29 is 4.39 Å². The number of hydrogen-bond donors (Lipinski definition) is 1. The third-order valence-electron chi connectivity index (χ3n) is 4.02. The number of nitrogens with zero attached hydrogens (tertiary/aromatic N) is 3. The first-order valence-electron chi connectivity index (χ1n) is 7.91. The Morgan fingerprint density at radius 2 is 2.13 bits per heavy atom. The predicted molar refractivity (Wildman–Crippen MR) is 88.8 cm³/mol. The van der Waals surface area contributed by atoms with Crippen molar-refractivity contribution in [2.24, 2.45) is 0 Å². The van der Waals surface area contributed by atoms with Crippen LogP contribution in [-0.4, -0.2) is 19.7 Å². The first-order chi connectivity index (χ1) is 11.1. The Bertz CT molecular complexity index is 801. The lowest BCUT2D eigenvalue weighted by Crippen LogP contribution is -2.00. The van der Waals surface area contributed by atoms with Gasteiger partial charge in [0.2, 0.25) is 0 Å². The fourth-order valence-corrected chi connectivity index (χ4v) is 2.78. The summed E-state index contributed by atoms with van der Waals surface area (Å²) in [6.45, 7) is 6.91. The van der Waals surface area contributed by atoms with E-state index in [9.17, 15) is 4.39 Å². The molecule has 3 aromatic rings. The molecule has 4 nitrogen and oxygen atoms in total. The van der Waals surface area contributed by atoms with Crippen molar-refractivity contribution in [3.63, 3.8) is 0 Å². The molecule has 0 aliphatic carbocycles. The molecule has 5 heteroatoms. The SMILES string of the molecule is CCc1cn(Cc2cn[nH]c2-c2ccc(F)cc2C(C)C)cn1. The Morgan fingerprint density at radius 3 is 2.83 bits per heavy atom. The highest BCUT2D eigenvalue weighted by molar-refractivity contribution is 5.67. The summed E-state index contributed by atoms with van der Waals surface area (Å²) < 4.78 is 15.6. The number of nitrogens with one attached hydrogen (secondary N) is 1. The van der Waals surface area contributed by atoms with Crippen LogP contribution in [0.15, 0.2) is 36.9 Å². The number of H-pyrrole nitrogens is 1. The molecule has 0 fully saturated rings. The van der Waals surface area contributed by atoms with Gasteiger partial charge in [-0.1, -0.05) is 20.8 Å². The topological polar surface area (TPSA) is 46.5 Å². The van der Waals surface area contributed by atoms with Gasteiger partial charge in [-0.05, 0) is 36.1 Å². The summed E-state index contributed by atoms with van der Waals surface area (Å²) in [6.07, 6.45) is 6.63. The van der Waals surface area contributed by atoms with E-state index in [4.69, 9.17) is 0 Å². The summed E-state index contributed by atoms with van der Waals surface area (Å²) >= 11 is 0. The Morgan fingerprint density at radius 1 is 1.30 bits per heavy atom. The van der Waals surface area contributed by atoms with Gasteiger partial charge < -0.3 is 4.57 Å². The van der Waals surface area contributed by atoms with Gasteiger partial charge in [-0.3, -0.25) is 5.10 Å². The zero-order chi connectivity index (χ0) is 16.4. The minimum atomic E-state index is -0.208. The van der Waals surface area contributed by atoms with E-state index in [2.05, 4.69) is 36.0 Å². The van der Waals surface area contributed by atoms with Crippen LogP contribution in [0.3, 0.4) is 0 Å². The Kier molecular flexibility index (Phi) is 4.28. The van der Waals surface area contributed by atoms with Crippen LogP contribution in [0.2, 0.25) is 0 Å². The molecule has 0 aliphatic heterocycles. The van der Waals surface area contributed by atoms with E-state index in [-0.39, 0.29) is 11.7 Å². The molecule has 1 aromatic carbocycles. The first kappa shape index (κ1) is 15.5. The van der Waals surface area contributed by atoms with Gasteiger partial charge in [0.05, 0.1) is 30.5 Å². The highest BCUT2D eigenvalue weighted by Gasteiger charge is 2.15. The van der Waals surface area contributed by atoms with Crippen molar-refractivity contribution in [1.82, 2.24) is 19.7 Å². The van der Waals surface area contributed by atoms with Crippen LogP contribution in [0.25, 0.3) is 11.3 Å². The molecule has 0 spiro atoms. The average Bonchev–Trinajstić information content (AvgIpc) is 3.17. The van der Waals surface area contributed by atoms with Crippen LogP contribution in [0, 0.1) is 5.82 Å². The van der Waals surface area contributed by atoms with Crippen LogP contribution in [0.5, 0.6) is 0 Å². The van der Waals surface area contributed by atoms with Gasteiger partial charge in [0.15, 0.2) is 0 Å². The maximum absolute atomic E-state index is 13.6. The van der Waals surface area contributed by atoms with Crippen molar-refractivity contribution in [1.29, 1.82) is 0 Å². The monoisotopic (exact) mass is 312 g/mol. The smallest absolute Gasteiger partial charge is 0.123 e. The summed E-state index contributed by atoms with van der Waals surface area (Å²) in [5.74, 6) is 0.0255. The minimum Gasteiger partial charge on any atom is -0.333 e. The number of aromatic nitrogens is 4. The maximum Gasteiger partial charge on any atom is 0.123 e. The third kappa shape index (κ3) is 3.18. The number of benzene rings is 1. The molecule has 0 unspecified atom stereocenters. The van der Waals surface area contributed by atoms with E-state index < -0.39 is 0 Å². The maximum atomic E-state index is 13.6. The van der Waals surface area contributed by atoms with Gasteiger partial charge in [0, 0.05) is 17.3 Å². The Hall–Kier alpha value is -2.43. The van der Waals surface area contributed by atoms with E-state index >= 15 is 0 Å². The van der Waals surface area contributed by atoms with E-state index in [1.165, 1.54) is 6.07 Å². The molecule has 2 aromatic heterocycles. The van der Waals surface area contributed by atoms with Gasteiger partial charge in [-0.25, -0.2) is 9.37 Å². The van der Waals surface area contributed by atoms with Crippen LogP contribution >= 0.6 is 0 Å². The van der Waals surface area contributed by atoms with E-state index in [0.717, 1.165) is 34.5 Å². The molecule has 0 amide bonds. The number of halogens is 1. The molecule has 0 saturated carbocycles. The number of aromatic amines is 1. The zero-order valence-electron chi connectivity index (χ0n) is 13.7. The van der Waals surface area contributed by atoms with E-state index in [1.807, 2.05) is 29.4 Å². The molecule has 0 bridgehead atoms. The fraction of sp³-hybridized carbons (Fsp3) is 0.333. The van der Waals surface area contributed by atoms with Crippen molar-refractivity contribution in [3.8, 4) is 11.3 Å². The predicted octanol–water partition coefficient (Wildman–Crippen LogP) is 4.15. The lowest BCUT2D eigenvalue weighted by atomic mass is 9.94. The molecule has 3 rings (SSSR count). The summed E-state index contributed by atoms with van der Waals surface area (Å²) in [6, 6.07) is 4.93. The third-order valence-corrected chi connectivity index (χ3v) is 4.02. The summed E-state index contributed by atoms with van der Waals surface area (Å²) in [4.78, 5) is 4.36. The minimum absolute atomic E-state index is 0.208. The van der Waals surface area contributed by atoms with Crippen molar-refractivity contribution >= 4 is 0 Å². The van der Waals surface area contributed by atoms with E-state index in [0.29, 0.717) is 6.54 Å². The molecule has 0 atom stereocenters. The summed E-state index contributed by atoms with van der Waals surface area (Å²) in [5, 5.41) is 7.26. The first-order valence-corrected chi connectivity index (χ1v) is 7.91. The van der Waals surface area contributed by atoms with Crippen LogP contribution < -0.4 is 0 Å². The van der Waals surface area contributed by atoms with Crippen molar-refractivity contribution in [2.75, 3.05) is 0 Å². The summed E-state index contributed by atoms with van der Waals surface area (Å²) in [5.41, 5.74) is 5.07. The molecular weight excluding hydrogens is 291 g/mol. The Balaban J connectivity index is 1.98. The van der Waals surface area contributed by atoms with Crippen LogP contribution in [0.1, 0.15) is 43.5 Å². The molecule has 120 valence electrons. The van der Waals surface area contributed by atoms with Crippen LogP contribution in [-0.2, 0) is 13.0 Å². The molecule has 0 saturated heterocycles.